The van der Waals surface area contributed by atoms with Crippen LogP contribution in [0.3, 0.4) is 0 Å². The van der Waals surface area contributed by atoms with E-state index in [-0.39, 0.29) is 0 Å². The van der Waals surface area contributed by atoms with Crippen LogP contribution in [0.5, 0.6) is 0 Å². The Hall–Kier alpha value is -2.80. The van der Waals surface area contributed by atoms with Crippen molar-refractivity contribution in [1.82, 2.24) is 24.7 Å². The third-order valence-corrected chi connectivity index (χ3v) is 4.88. The molecule has 3 aromatic rings. The predicted molar refractivity (Wildman–Crippen MR) is 98.6 cm³/mol. The van der Waals surface area contributed by atoms with E-state index in [1.54, 1.807) is 18.7 Å². The number of benzene rings is 1. The summed E-state index contributed by atoms with van der Waals surface area (Å²) < 4.78 is 1.85. The lowest BCUT2D eigenvalue weighted by atomic mass is 9.89. The summed E-state index contributed by atoms with van der Waals surface area (Å²) in [6, 6.07) is 10.00. The molecule has 1 fully saturated rings. The van der Waals surface area contributed by atoms with Crippen LogP contribution < -0.4 is 4.90 Å². The first-order chi connectivity index (χ1) is 12.6. The highest BCUT2D eigenvalue weighted by Crippen LogP contribution is 2.27. The average molecular weight is 350 g/mol. The Morgan fingerprint density at radius 1 is 1.15 bits per heavy atom. The highest BCUT2D eigenvalue weighted by molar-refractivity contribution is 5.58. The van der Waals surface area contributed by atoms with Crippen molar-refractivity contribution in [1.29, 1.82) is 0 Å². The fourth-order valence-electron chi connectivity index (χ4n) is 3.46. The maximum Gasteiger partial charge on any atom is 0.147 e. The number of anilines is 1. The van der Waals surface area contributed by atoms with Gasteiger partial charge in [-0.3, -0.25) is 4.98 Å². The molecule has 1 aliphatic heterocycles. The first-order valence-electron chi connectivity index (χ1n) is 8.81. The van der Waals surface area contributed by atoms with Gasteiger partial charge in [-0.1, -0.05) is 30.3 Å². The number of aromatic nitrogens is 5. The van der Waals surface area contributed by atoms with Crippen LogP contribution in [-0.4, -0.2) is 48.5 Å². The lowest BCUT2D eigenvalue weighted by Crippen LogP contribution is -2.50. The first-order valence-corrected chi connectivity index (χ1v) is 8.81. The molecule has 0 aliphatic carbocycles. The number of β-amino-alcohol motifs (C(OH)–C–C–N with tert-alkyl or cyclic N) is 1. The van der Waals surface area contributed by atoms with Gasteiger partial charge in [-0.05, 0) is 12.8 Å². The highest BCUT2D eigenvalue weighted by atomic mass is 16.3. The molecule has 1 aliphatic rings. The van der Waals surface area contributed by atoms with Crippen molar-refractivity contribution in [3.05, 3.63) is 54.9 Å². The molecular formula is C19H22N6O. The molecule has 0 spiro atoms. The van der Waals surface area contributed by atoms with Crippen LogP contribution >= 0.6 is 0 Å². The van der Waals surface area contributed by atoms with Crippen molar-refractivity contribution in [2.45, 2.75) is 24.9 Å². The SMILES string of the molecule is Cn1cnnc1CC1(O)CCCN(c2cnc(-c3ccccc3)cn2)C1. The summed E-state index contributed by atoms with van der Waals surface area (Å²) >= 11 is 0. The smallest absolute Gasteiger partial charge is 0.147 e. The molecular weight excluding hydrogens is 328 g/mol. The molecule has 26 heavy (non-hydrogen) atoms. The zero-order valence-electron chi connectivity index (χ0n) is 14.8. The van der Waals surface area contributed by atoms with E-state index in [2.05, 4.69) is 25.1 Å². The van der Waals surface area contributed by atoms with Gasteiger partial charge in [0.1, 0.15) is 18.0 Å². The Kier molecular flexibility index (Phi) is 4.38. The minimum absolute atomic E-state index is 0.482. The van der Waals surface area contributed by atoms with E-state index in [0.717, 1.165) is 42.3 Å². The molecule has 3 heterocycles. The van der Waals surface area contributed by atoms with Crippen LogP contribution in [0.2, 0.25) is 0 Å². The molecule has 0 bridgehead atoms. The largest absolute Gasteiger partial charge is 0.388 e. The second-order valence-electron chi connectivity index (χ2n) is 6.91. The zero-order chi connectivity index (χ0) is 18.0. The Bertz CT molecular complexity index is 863. The van der Waals surface area contributed by atoms with Crippen molar-refractivity contribution in [3.63, 3.8) is 0 Å². The third-order valence-electron chi connectivity index (χ3n) is 4.88. The van der Waals surface area contributed by atoms with Crippen LogP contribution in [-0.2, 0) is 13.5 Å². The Morgan fingerprint density at radius 2 is 2.00 bits per heavy atom. The van der Waals surface area contributed by atoms with Gasteiger partial charge in [0, 0.05) is 32.1 Å². The van der Waals surface area contributed by atoms with Crippen molar-refractivity contribution in [3.8, 4) is 11.3 Å². The second-order valence-corrected chi connectivity index (χ2v) is 6.91. The van der Waals surface area contributed by atoms with E-state index < -0.39 is 5.60 Å². The van der Waals surface area contributed by atoms with Crippen molar-refractivity contribution in [2.24, 2.45) is 7.05 Å². The molecule has 1 unspecified atom stereocenters. The predicted octanol–water partition coefficient (Wildman–Crippen LogP) is 1.85. The van der Waals surface area contributed by atoms with Gasteiger partial charge < -0.3 is 14.6 Å². The van der Waals surface area contributed by atoms with Gasteiger partial charge in [0.2, 0.25) is 0 Å². The minimum Gasteiger partial charge on any atom is -0.388 e. The molecule has 2 aromatic heterocycles. The Balaban J connectivity index is 1.50. The van der Waals surface area contributed by atoms with Crippen molar-refractivity contribution < 1.29 is 5.11 Å². The summed E-state index contributed by atoms with van der Waals surface area (Å²) in [4.78, 5) is 11.2. The number of aliphatic hydroxyl groups is 1. The van der Waals surface area contributed by atoms with E-state index >= 15 is 0 Å². The van der Waals surface area contributed by atoms with Gasteiger partial charge in [0.25, 0.3) is 0 Å². The lowest BCUT2D eigenvalue weighted by molar-refractivity contribution is 0.0236. The molecule has 1 atom stereocenters. The van der Waals surface area contributed by atoms with E-state index in [4.69, 9.17) is 0 Å². The first kappa shape index (κ1) is 16.7. The van der Waals surface area contributed by atoms with Gasteiger partial charge in [0.15, 0.2) is 0 Å². The summed E-state index contributed by atoms with van der Waals surface area (Å²) in [6.45, 7) is 1.37. The van der Waals surface area contributed by atoms with E-state index in [1.807, 2.05) is 41.9 Å². The third kappa shape index (κ3) is 3.43. The zero-order valence-corrected chi connectivity index (χ0v) is 14.8. The molecule has 134 valence electrons. The monoisotopic (exact) mass is 350 g/mol. The molecule has 7 heteroatoms. The summed E-state index contributed by atoms with van der Waals surface area (Å²) in [7, 11) is 1.90. The van der Waals surface area contributed by atoms with E-state index in [1.165, 1.54) is 0 Å². The Morgan fingerprint density at radius 3 is 2.69 bits per heavy atom. The number of hydrogen-bond acceptors (Lipinski definition) is 6. The number of rotatable bonds is 4. The second kappa shape index (κ2) is 6.84. The topological polar surface area (TPSA) is 80.0 Å². The van der Waals surface area contributed by atoms with Gasteiger partial charge >= 0.3 is 0 Å². The maximum absolute atomic E-state index is 11.1. The lowest BCUT2D eigenvalue weighted by Gasteiger charge is -2.39. The van der Waals surface area contributed by atoms with Crippen LogP contribution in [0.15, 0.2) is 49.1 Å². The molecule has 0 radical (unpaired) electrons. The molecule has 7 nitrogen and oxygen atoms in total. The fraction of sp³-hybridized carbons (Fsp3) is 0.368. The molecule has 1 saturated heterocycles. The summed E-state index contributed by atoms with van der Waals surface area (Å²) in [6.07, 6.45) is 7.36. The fourth-order valence-corrected chi connectivity index (χ4v) is 3.46. The van der Waals surface area contributed by atoms with E-state index in [0.29, 0.717) is 13.0 Å². The van der Waals surface area contributed by atoms with Gasteiger partial charge in [-0.15, -0.1) is 10.2 Å². The van der Waals surface area contributed by atoms with E-state index in [9.17, 15) is 5.11 Å². The minimum atomic E-state index is -0.834. The van der Waals surface area contributed by atoms with Crippen LogP contribution in [0, 0.1) is 0 Å². The van der Waals surface area contributed by atoms with Crippen molar-refractivity contribution >= 4 is 5.82 Å². The molecule has 4 rings (SSSR count). The number of nitrogens with zero attached hydrogens (tertiary/aromatic N) is 6. The quantitative estimate of drug-likeness (QED) is 0.773. The molecule has 0 saturated carbocycles. The normalized spacial score (nSPS) is 20.3. The molecule has 0 amide bonds. The van der Waals surface area contributed by atoms with Gasteiger partial charge in [0.05, 0.1) is 23.7 Å². The van der Waals surface area contributed by atoms with Gasteiger partial charge in [-0.2, -0.15) is 0 Å². The Labute approximate surface area is 152 Å². The summed E-state index contributed by atoms with van der Waals surface area (Å²) in [5.41, 5.74) is 1.06. The maximum atomic E-state index is 11.1. The summed E-state index contributed by atoms with van der Waals surface area (Å²) in [5, 5.41) is 19.1. The van der Waals surface area contributed by atoms with Crippen LogP contribution in [0.1, 0.15) is 18.7 Å². The van der Waals surface area contributed by atoms with Crippen molar-refractivity contribution in [2.75, 3.05) is 18.0 Å². The molecule has 1 N–H and O–H groups in total. The molecule has 1 aromatic carbocycles. The van der Waals surface area contributed by atoms with Crippen LogP contribution in [0.4, 0.5) is 5.82 Å². The summed E-state index contributed by atoms with van der Waals surface area (Å²) in [5.74, 6) is 1.58. The number of aryl methyl sites for hydroxylation is 1. The average Bonchev–Trinajstić information content (AvgIpc) is 3.06. The number of piperidine rings is 1. The van der Waals surface area contributed by atoms with Crippen LogP contribution in [0.25, 0.3) is 11.3 Å². The van der Waals surface area contributed by atoms with Gasteiger partial charge in [-0.25, -0.2) is 4.98 Å². The highest BCUT2D eigenvalue weighted by Gasteiger charge is 2.35. The standard InChI is InChI=1S/C19H22N6O/c1-24-14-22-23-17(24)10-19(26)8-5-9-25(13-19)18-12-20-16(11-21-18)15-6-3-2-4-7-15/h2-4,6-7,11-12,14,26H,5,8-10,13H2,1H3. The number of hydrogen-bond donors (Lipinski definition) is 1.